The van der Waals surface area contributed by atoms with Crippen LogP contribution in [0.5, 0.6) is 11.5 Å². The molecule has 2 aromatic rings. The van der Waals surface area contributed by atoms with Gasteiger partial charge in [0.05, 0.1) is 13.2 Å². The number of esters is 1. The highest BCUT2D eigenvalue weighted by Gasteiger charge is 2.24. The van der Waals surface area contributed by atoms with E-state index >= 15 is 0 Å². The maximum absolute atomic E-state index is 12.2. The molecule has 0 spiro atoms. The molecule has 1 aliphatic rings. The van der Waals surface area contributed by atoms with Crippen molar-refractivity contribution < 1.29 is 19.0 Å². The average Bonchev–Trinajstić information content (AvgIpc) is 2.99. The average molecular weight is 372 g/mol. The van der Waals surface area contributed by atoms with Gasteiger partial charge in [0.15, 0.2) is 5.70 Å². The Kier molecular flexibility index (Phi) is 5.58. The van der Waals surface area contributed by atoms with Gasteiger partial charge in [0.25, 0.3) is 0 Å². The van der Waals surface area contributed by atoms with Crippen LogP contribution in [-0.4, -0.2) is 25.1 Å². The maximum atomic E-state index is 12.2. The second kappa shape index (κ2) is 8.06. The summed E-state index contributed by atoms with van der Waals surface area (Å²) >= 11 is 5.88. The molecule has 6 heteroatoms. The quantitative estimate of drug-likeness (QED) is 0.555. The van der Waals surface area contributed by atoms with Crippen LogP contribution < -0.4 is 9.47 Å². The standard InChI is InChI=1S/C20H18ClNO4/c1-3-24-16-10-7-14(18(12-16)25-4-2)11-17-20(23)26-19(22-17)13-5-8-15(21)9-6-13/h5-12H,3-4H2,1-2H3/b17-11-. The number of nitrogens with zero attached hydrogens (tertiary/aromatic N) is 1. The predicted molar refractivity (Wildman–Crippen MR) is 101 cm³/mol. The summed E-state index contributed by atoms with van der Waals surface area (Å²) in [6, 6.07) is 12.4. The van der Waals surface area contributed by atoms with Crippen molar-refractivity contribution in [3.05, 3.63) is 64.3 Å². The molecule has 0 N–H and O–H groups in total. The van der Waals surface area contributed by atoms with Crippen LogP contribution in [0.25, 0.3) is 6.08 Å². The number of carbonyl (C=O) groups excluding carboxylic acids is 1. The fourth-order valence-corrected chi connectivity index (χ4v) is 2.57. The van der Waals surface area contributed by atoms with E-state index in [-0.39, 0.29) is 11.6 Å². The van der Waals surface area contributed by atoms with Crippen LogP contribution in [0.3, 0.4) is 0 Å². The Morgan fingerprint density at radius 3 is 2.50 bits per heavy atom. The first kappa shape index (κ1) is 18.0. The molecule has 1 heterocycles. The molecule has 0 amide bonds. The molecule has 0 bridgehead atoms. The molecule has 0 unspecified atom stereocenters. The normalized spacial score (nSPS) is 15.0. The molecule has 0 saturated carbocycles. The van der Waals surface area contributed by atoms with Gasteiger partial charge in [0, 0.05) is 22.2 Å². The molecule has 0 saturated heterocycles. The van der Waals surface area contributed by atoms with Gasteiger partial charge in [-0.15, -0.1) is 0 Å². The van der Waals surface area contributed by atoms with Crippen LogP contribution >= 0.6 is 11.6 Å². The Labute approximate surface area is 156 Å². The minimum atomic E-state index is -0.508. The third-order valence-corrected chi connectivity index (χ3v) is 3.85. The molecular weight excluding hydrogens is 354 g/mol. The van der Waals surface area contributed by atoms with Crippen molar-refractivity contribution in [2.24, 2.45) is 4.99 Å². The number of rotatable bonds is 6. The van der Waals surface area contributed by atoms with Crippen molar-refractivity contribution in [3.63, 3.8) is 0 Å². The monoisotopic (exact) mass is 371 g/mol. The zero-order chi connectivity index (χ0) is 18.5. The van der Waals surface area contributed by atoms with E-state index in [1.807, 2.05) is 26.0 Å². The van der Waals surface area contributed by atoms with E-state index in [1.54, 1.807) is 36.4 Å². The molecule has 0 atom stereocenters. The molecule has 1 aliphatic heterocycles. The number of carbonyl (C=O) groups is 1. The molecule has 0 aromatic heterocycles. The lowest BCUT2D eigenvalue weighted by molar-refractivity contribution is -0.129. The van der Waals surface area contributed by atoms with Crippen molar-refractivity contribution in [1.29, 1.82) is 0 Å². The smallest absolute Gasteiger partial charge is 0.363 e. The first-order chi connectivity index (χ1) is 12.6. The molecule has 26 heavy (non-hydrogen) atoms. The van der Waals surface area contributed by atoms with E-state index in [2.05, 4.69) is 4.99 Å². The summed E-state index contributed by atoms with van der Waals surface area (Å²) in [4.78, 5) is 16.5. The Bertz CT molecular complexity index is 872. The van der Waals surface area contributed by atoms with E-state index in [4.69, 9.17) is 25.8 Å². The largest absolute Gasteiger partial charge is 0.494 e. The highest BCUT2D eigenvalue weighted by molar-refractivity contribution is 6.30. The molecule has 0 fully saturated rings. The van der Waals surface area contributed by atoms with Gasteiger partial charge in [-0.05, 0) is 56.3 Å². The van der Waals surface area contributed by atoms with Crippen molar-refractivity contribution in [1.82, 2.24) is 0 Å². The number of halogens is 1. The van der Waals surface area contributed by atoms with Gasteiger partial charge < -0.3 is 14.2 Å². The van der Waals surface area contributed by atoms with Crippen LogP contribution in [0.4, 0.5) is 0 Å². The number of cyclic esters (lactones) is 1. The van der Waals surface area contributed by atoms with Gasteiger partial charge in [-0.25, -0.2) is 9.79 Å². The topological polar surface area (TPSA) is 57.1 Å². The fraction of sp³-hybridized carbons (Fsp3) is 0.200. The summed E-state index contributed by atoms with van der Waals surface area (Å²) in [7, 11) is 0. The second-order valence-electron chi connectivity index (χ2n) is 5.41. The second-order valence-corrected chi connectivity index (χ2v) is 5.85. The van der Waals surface area contributed by atoms with Crippen LogP contribution in [0.2, 0.25) is 5.02 Å². The number of hydrogen-bond acceptors (Lipinski definition) is 5. The Morgan fingerprint density at radius 2 is 1.81 bits per heavy atom. The van der Waals surface area contributed by atoms with E-state index in [1.165, 1.54) is 0 Å². The zero-order valence-corrected chi connectivity index (χ0v) is 15.2. The Morgan fingerprint density at radius 1 is 1.08 bits per heavy atom. The number of ether oxygens (including phenoxy) is 3. The van der Waals surface area contributed by atoms with Crippen molar-refractivity contribution >= 4 is 29.5 Å². The maximum Gasteiger partial charge on any atom is 0.363 e. The minimum Gasteiger partial charge on any atom is -0.494 e. The number of benzene rings is 2. The van der Waals surface area contributed by atoms with Crippen LogP contribution in [0.1, 0.15) is 25.0 Å². The third kappa shape index (κ3) is 4.06. The van der Waals surface area contributed by atoms with Crippen LogP contribution in [-0.2, 0) is 9.53 Å². The number of hydrogen-bond donors (Lipinski definition) is 0. The van der Waals surface area contributed by atoms with E-state index < -0.39 is 5.97 Å². The van der Waals surface area contributed by atoms with E-state index in [0.717, 1.165) is 5.56 Å². The number of aliphatic imine (C=N–C) groups is 1. The van der Waals surface area contributed by atoms with Gasteiger partial charge in [-0.1, -0.05) is 11.6 Å². The van der Waals surface area contributed by atoms with E-state index in [9.17, 15) is 4.79 Å². The minimum absolute atomic E-state index is 0.208. The molecular formula is C20H18ClNO4. The summed E-state index contributed by atoms with van der Waals surface area (Å²) in [5.41, 5.74) is 1.62. The van der Waals surface area contributed by atoms with Crippen molar-refractivity contribution in [2.45, 2.75) is 13.8 Å². The molecule has 5 nitrogen and oxygen atoms in total. The first-order valence-electron chi connectivity index (χ1n) is 8.29. The summed E-state index contributed by atoms with van der Waals surface area (Å²) < 4.78 is 16.4. The lowest BCUT2D eigenvalue weighted by atomic mass is 10.1. The molecule has 0 radical (unpaired) electrons. The molecule has 2 aromatic carbocycles. The van der Waals surface area contributed by atoms with Crippen LogP contribution in [0.15, 0.2) is 53.2 Å². The van der Waals surface area contributed by atoms with E-state index in [0.29, 0.717) is 35.3 Å². The highest BCUT2D eigenvalue weighted by atomic mass is 35.5. The molecule has 134 valence electrons. The van der Waals surface area contributed by atoms with Gasteiger partial charge in [0.2, 0.25) is 5.90 Å². The van der Waals surface area contributed by atoms with Gasteiger partial charge in [-0.3, -0.25) is 0 Å². The Hall–Kier alpha value is -2.79. The first-order valence-corrected chi connectivity index (χ1v) is 8.66. The van der Waals surface area contributed by atoms with Gasteiger partial charge in [0.1, 0.15) is 11.5 Å². The molecule has 0 aliphatic carbocycles. The fourth-order valence-electron chi connectivity index (χ4n) is 2.44. The van der Waals surface area contributed by atoms with Crippen LogP contribution in [0, 0.1) is 0 Å². The van der Waals surface area contributed by atoms with Gasteiger partial charge in [-0.2, -0.15) is 0 Å². The lowest BCUT2D eigenvalue weighted by Gasteiger charge is -2.10. The predicted octanol–water partition coefficient (Wildman–Crippen LogP) is 4.48. The highest BCUT2D eigenvalue weighted by Crippen LogP contribution is 2.29. The summed E-state index contributed by atoms with van der Waals surface area (Å²) in [5.74, 6) is 1.07. The summed E-state index contributed by atoms with van der Waals surface area (Å²) in [5, 5.41) is 0.602. The summed E-state index contributed by atoms with van der Waals surface area (Å²) in [6.07, 6.45) is 1.64. The van der Waals surface area contributed by atoms with Gasteiger partial charge >= 0.3 is 5.97 Å². The third-order valence-electron chi connectivity index (χ3n) is 3.60. The SMILES string of the molecule is CCOc1ccc(/C=C2\N=C(c3ccc(Cl)cc3)OC2=O)c(OCC)c1. The zero-order valence-electron chi connectivity index (χ0n) is 14.5. The lowest BCUT2D eigenvalue weighted by Crippen LogP contribution is -2.05. The van der Waals surface area contributed by atoms with Crippen molar-refractivity contribution in [3.8, 4) is 11.5 Å². The van der Waals surface area contributed by atoms with Crippen molar-refractivity contribution in [2.75, 3.05) is 13.2 Å². The summed E-state index contributed by atoms with van der Waals surface area (Å²) in [6.45, 7) is 4.87. The Balaban J connectivity index is 1.93. The molecule has 3 rings (SSSR count).